The quantitative estimate of drug-likeness (QED) is 0.261. The number of Topliss-reactive ketones (excluding diaryl/α,β-unsaturated/α-hetero) is 1. The summed E-state index contributed by atoms with van der Waals surface area (Å²) in [6.45, 7) is 4.04. The van der Waals surface area contributed by atoms with Crippen molar-refractivity contribution in [3.63, 3.8) is 0 Å². The van der Waals surface area contributed by atoms with Crippen LogP contribution in [0.3, 0.4) is 0 Å². The molecule has 0 amide bonds. The van der Waals surface area contributed by atoms with Crippen LogP contribution in [0.15, 0.2) is 60.7 Å². The van der Waals surface area contributed by atoms with Gasteiger partial charge in [0, 0.05) is 35.6 Å². The van der Waals surface area contributed by atoms with E-state index in [1.54, 1.807) is 6.07 Å². The first-order valence-electron chi connectivity index (χ1n) is 9.02. The van der Waals surface area contributed by atoms with Crippen molar-refractivity contribution < 1.29 is 19.2 Å². The molecule has 0 N–H and O–H groups in total. The van der Waals surface area contributed by atoms with Gasteiger partial charge < -0.3 is 9.30 Å². The first kappa shape index (κ1) is 20.0. The molecule has 0 unspecified atom stereocenters. The van der Waals surface area contributed by atoms with E-state index in [-0.39, 0.29) is 17.0 Å². The number of nitro groups is 1. The number of carbonyl (C=O) groups is 2. The SMILES string of the molecule is Cc1cc(C(=O)COC(=O)c2ccc([N+](=O)[O-])cc2)c(C)n1Cc1ccccc1. The Labute approximate surface area is 167 Å². The van der Waals surface area contributed by atoms with Gasteiger partial charge in [0.15, 0.2) is 6.61 Å². The van der Waals surface area contributed by atoms with E-state index in [1.165, 1.54) is 24.3 Å². The second-order valence-electron chi connectivity index (χ2n) is 6.66. The normalized spacial score (nSPS) is 10.6. The van der Waals surface area contributed by atoms with E-state index < -0.39 is 17.5 Å². The van der Waals surface area contributed by atoms with Crippen LogP contribution in [0.4, 0.5) is 5.69 Å². The van der Waals surface area contributed by atoms with Crippen molar-refractivity contribution in [1.29, 1.82) is 0 Å². The van der Waals surface area contributed by atoms with Crippen molar-refractivity contribution in [3.05, 3.63) is 98.9 Å². The Morgan fingerprint density at radius 3 is 2.31 bits per heavy atom. The average molecular weight is 392 g/mol. The van der Waals surface area contributed by atoms with Crippen molar-refractivity contribution in [2.75, 3.05) is 6.61 Å². The Morgan fingerprint density at radius 2 is 1.69 bits per heavy atom. The summed E-state index contributed by atoms with van der Waals surface area (Å²) in [4.78, 5) is 34.8. The van der Waals surface area contributed by atoms with Crippen LogP contribution in [0.1, 0.15) is 37.7 Å². The molecular formula is C22H20N2O5. The lowest BCUT2D eigenvalue weighted by Crippen LogP contribution is -2.15. The standard InChI is InChI=1S/C22H20N2O5/c1-15-12-20(16(2)23(15)13-17-6-4-3-5-7-17)21(25)14-29-22(26)18-8-10-19(11-9-18)24(27)28/h3-12H,13-14H2,1-2H3. The Bertz CT molecular complexity index is 1050. The highest BCUT2D eigenvalue weighted by molar-refractivity contribution is 6.00. The van der Waals surface area contributed by atoms with Crippen LogP contribution in [0.5, 0.6) is 0 Å². The number of benzene rings is 2. The molecule has 29 heavy (non-hydrogen) atoms. The molecule has 0 atom stereocenters. The molecule has 3 rings (SSSR count). The number of carbonyl (C=O) groups excluding carboxylic acids is 2. The Kier molecular flexibility index (Phi) is 5.87. The molecule has 0 saturated heterocycles. The number of aromatic nitrogens is 1. The van der Waals surface area contributed by atoms with Crippen molar-refractivity contribution in [1.82, 2.24) is 4.57 Å². The number of non-ortho nitro benzene ring substituents is 1. The number of nitrogens with zero attached hydrogens (tertiary/aromatic N) is 2. The Hall–Kier alpha value is -3.74. The molecule has 0 bridgehead atoms. The lowest BCUT2D eigenvalue weighted by Gasteiger charge is -2.10. The summed E-state index contributed by atoms with van der Waals surface area (Å²) in [5.74, 6) is -1.00. The highest BCUT2D eigenvalue weighted by atomic mass is 16.6. The fourth-order valence-corrected chi connectivity index (χ4v) is 3.10. The maximum absolute atomic E-state index is 12.6. The average Bonchev–Trinajstić information content (AvgIpc) is 3.01. The molecule has 0 radical (unpaired) electrons. The second kappa shape index (κ2) is 8.52. The van der Waals surface area contributed by atoms with Crippen LogP contribution in [-0.2, 0) is 11.3 Å². The number of nitro benzene ring substituents is 1. The van der Waals surface area contributed by atoms with Gasteiger partial charge in [0.1, 0.15) is 0 Å². The van der Waals surface area contributed by atoms with E-state index in [2.05, 4.69) is 0 Å². The van der Waals surface area contributed by atoms with Crippen LogP contribution in [0, 0.1) is 24.0 Å². The smallest absolute Gasteiger partial charge is 0.338 e. The molecule has 7 nitrogen and oxygen atoms in total. The Morgan fingerprint density at radius 1 is 1.03 bits per heavy atom. The largest absolute Gasteiger partial charge is 0.454 e. The summed E-state index contributed by atoms with van der Waals surface area (Å²) in [5, 5.41) is 10.7. The number of aryl methyl sites for hydroxylation is 1. The maximum atomic E-state index is 12.6. The maximum Gasteiger partial charge on any atom is 0.338 e. The highest BCUT2D eigenvalue weighted by Gasteiger charge is 2.18. The molecule has 0 fully saturated rings. The summed E-state index contributed by atoms with van der Waals surface area (Å²) in [5.41, 5.74) is 3.41. The minimum Gasteiger partial charge on any atom is -0.454 e. The third kappa shape index (κ3) is 4.57. The molecule has 1 aromatic heterocycles. The zero-order valence-electron chi connectivity index (χ0n) is 16.1. The molecule has 0 aliphatic rings. The molecule has 1 heterocycles. The molecule has 0 aliphatic carbocycles. The molecule has 0 saturated carbocycles. The zero-order valence-corrected chi connectivity index (χ0v) is 16.1. The van der Waals surface area contributed by atoms with Crippen LogP contribution in [0.25, 0.3) is 0 Å². The Balaban J connectivity index is 1.67. The molecular weight excluding hydrogens is 372 g/mol. The fourth-order valence-electron chi connectivity index (χ4n) is 3.10. The van der Waals surface area contributed by atoms with Crippen molar-refractivity contribution in [2.24, 2.45) is 0 Å². The lowest BCUT2D eigenvalue weighted by molar-refractivity contribution is -0.384. The van der Waals surface area contributed by atoms with Crippen molar-refractivity contribution in [3.8, 4) is 0 Å². The summed E-state index contributed by atoms with van der Waals surface area (Å²) in [6, 6.07) is 16.8. The third-order valence-corrected chi connectivity index (χ3v) is 4.71. The van der Waals surface area contributed by atoms with Crippen LogP contribution in [0.2, 0.25) is 0 Å². The number of ketones is 1. The predicted molar refractivity (Wildman–Crippen MR) is 107 cm³/mol. The third-order valence-electron chi connectivity index (χ3n) is 4.71. The molecule has 3 aromatic rings. The van der Waals surface area contributed by atoms with Gasteiger partial charge in [0.05, 0.1) is 10.5 Å². The van der Waals surface area contributed by atoms with E-state index in [9.17, 15) is 19.7 Å². The van der Waals surface area contributed by atoms with Gasteiger partial charge in [-0.25, -0.2) is 4.79 Å². The van der Waals surface area contributed by atoms with Crippen molar-refractivity contribution in [2.45, 2.75) is 20.4 Å². The van der Waals surface area contributed by atoms with E-state index in [0.717, 1.165) is 17.0 Å². The number of esters is 1. The van der Waals surface area contributed by atoms with Gasteiger partial charge in [-0.15, -0.1) is 0 Å². The second-order valence-corrected chi connectivity index (χ2v) is 6.66. The molecule has 2 aromatic carbocycles. The number of hydrogen-bond acceptors (Lipinski definition) is 5. The number of ether oxygens (including phenoxy) is 1. The molecule has 7 heteroatoms. The lowest BCUT2D eigenvalue weighted by atomic mass is 10.1. The van der Waals surface area contributed by atoms with E-state index in [1.807, 2.05) is 48.7 Å². The van der Waals surface area contributed by atoms with Gasteiger partial charge in [-0.1, -0.05) is 30.3 Å². The van der Waals surface area contributed by atoms with E-state index in [4.69, 9.17) is 4.74 Å². The zero-order chi connectivity index (χ0) is 21.0. The fraction of sp³-hybridized carbons (Fsp3) is 0.182. The van der Waals surface area contributed by atoms with Crippen molar-refractivity contribution >= 4 is 17.4 Å². The summed E-state index contributed by atoms with van der Waals surface area (Å²) in [7, 11) is 0. The van der Waals surface area contributed by atoms with Crippen LogP contribution < -0.4 is 0 Å². The first-order chi connectivity index (χ1) is 13.9. The van der Waals surface area contributed by atoms with Gasteiger partial charge in [0.2, 0.25) is 5.78 Å². The highest BCUT2D eigenvalue weighted by Crippen LogP contribution is 2.18. The van der Waals surface area contributed by atoms with Crippen LogP contribution >= 0.6 is 0 Å². The minimum atomic E-state index is -0.702. The van der Waals surface area contributed by atoms with Gasteiger partial charge in [-0.05, 0) is 37.6 Å². The topological polar surface area (TPSA) is 91.4 Å². The minimum absolute atomic E-state index is 0.122. The van der Waals surface area contributed by atoms with E-state index in [0.29, 0.717) is 12.1 Å². The number of hydrogen-bond donors (Lipinski definition) is 0. The van der Waals surface area contributed by atoms with Crippen LogP contribution in [-0.4, -0.2) is 27.8 Å². The van der Waals surface area contributed by atoms with Gasteiger partial charge in [-0.3, -0.25) is 14.9 Å². The first-order valence-corrected chi connectivity index (χ1v) is 9.02. The molecule has 0 aliphatic heterocycles. The van der Waals surface area contributed by atoms with Gasteiger partial charge in [-0.2, -0.15) is 0 Å². The van der Waals surface area contributed by atoms with Gasteiger partial charge >= 0.3 is 5.97 Å². The molecule has 148 valence electrons. The number of rotatable bonds is 7. The van der Waals surface area contributed by atoms with Gasteiger partial charge in [0.25, 0.3) is 5.69 Å². The predicted octanol–water partition coefficient (Wildman–Crippen LogP) is 4.10. The monoisotopic (exact) mass is 392 g/mol. The summed E-state index contributed by atoms with van der Waals surface area (Å²) < 4.78 is 7.14. The van der Waals surface area contributed by atoms with E-state index >= 15 is 0 Å². The summed E-state index contributed by atoms with van der Waals surface area (Å²) >= 11 is 0. The molecule has 0 spiro atoms. The summed E-state index contributed by atoms with van der Waals surface area (Å²) in [6.07, 6.45) is 0.